The van der Waals surface area contributed by atoms with Crippen molar-refractivity contribution in [1.82, 2.24) is 10.3 Å². The van der Waals surface area contributed by atoms with Crippen LogP contribution in [0.5, 0.6) is 0 Å². The van der Waals surface area contributed by atoms with E-state index in [-0.39, 0.29) is 12.5 Å². The van der Waals surface area contributed by atoms with E-state index in [1.165, 1.54) is 0 Å². The van der Waals surface area contributed by atoms with E-state index < -0.39 is 5.97 Å². The zero-order valence-corrected chi connectivity index (χ0v) is 13.2. The first-order valence-corrected chi connectivity index (χ1v) is 7.33. The topological polar surface area (TPSA) is 68.3 Å². The molecule has 0 radical (unpaired) electrons. The molecule has 1 aromatic carbocycles. The van der Waals surface area contributed by atoms with E-state index in [2.05, 4.69) is 10.3 Å². The Morgan fingerprint density at radius 2 is 2.05 bits per heavy atom. The van der Waals surface area contributed by atoms with Gasteiger partial charge in [0.25, 0.3) is 5.91 Å². The lowest BCUT2D eigenvalue weighted by atomic mass is 10.1. The van der Waals surface area contributed by atoms with Gasteiger partial charge in [0.15, 0.2) is 6.61 Å². The summed E-state index contributed by atoms with van der Waals surface area (Å²) >= 11 is 5.81. The molecule has 116 valence electrons. The lowest BCUT2D eigenvalue weighted by molar-refractivity contribution is -0.124. The first kappa shape index (κ1) is 16.2. The standard InChI is InChI=1S/C16H17ClN2O3/c1-10(2)8-18-15(20)9-22-16(21)12-3-5-13-11(7-12)4-6-14(17)19-13/h3-7,10H,8-9H2,1-2H3,(H,18,20). The number of ether oxygens (including phenoxy) is 1. The molecule has 0 saturated carbocycles. The van der Waals surface area contributed by atoms with Gasteiger partial charge in [0, 0.05) is 11.9 Å². The molecule has 2 rings (SSSR count). The number of fused-ring (bicyclic) bond motifs is 1. The highest BCUT2D eigenvalue weighted by molar-refractivity contribution is 6.29. The Kier molecular flexibility index (Phi) is 5.33. The SMILES string of the molecule is CC(C)CNC(=O)COC(=O)c1ccc2nc(Cl)ccc2c1. The average Bonchev–Trinajstić information content (AvgIpc) is 2.49. The Balaban J connectivity index is 1.98. The quantitative estimate of drug-likeness (QED) is 0.679. The van der Waals surface area contributed by atoms with Gasteiger partial charge in [-0.2, -0.15) is 0 Å². The van der Waals surface area contributed by atoms with Gasteiger partial charge >= 0.3 is 5.97 Å². The Hall–Kier alpha value is -2.14. The van der Waals surface area contributed by atoms with Crippen molar-refractivity contribution in [3.8, 4) is 0 Å². The lowest BCUT2D eigenvalue weighted by Crippen LogP contribution is -2.31. The van der Waals surface area contributed by atoms with Crippen molar-refractivity contribution in [2.45, 2.75) is 13.8 Å². The van der Waals surface area contributed by atoms with Gasteiger partial charge < -0.3 is 10.1 Å². The molecule has 1 N–H and O–H groups in total. The van der Waals surface area contributed by atoms with Crippen LogP contribution in [0.4, 0.5) is 0 Å². The van der Waals surface area contributed by atoms with E-state index in [0.717, 1.165) is 5.39 Å². The van der Waals surface area contributed by atoms with Crippen molar-refractivity contribution >= 4 is 34.4 Å². The number of rotatable bonds is 5. The number of nitrogens with zero attached hydrogens (tertiary/aromatic N) is 1. The van der Waals surface area contributed by atoms with Gasteiger partial charge in [0.1, 0.15) is 5.15 Å². The molecule has 1 amide bonds. The molecule has 0 unspecified atom stereocenters. The number of benzene rings is 1. The maximum Gasteiger partial charge on any atom is 0.338 e. The monoisotopic (exact) mass is 320 g/mol. The summed E-state index contributed by atoms with van der Waals surface area (Å²) in [5, 5.41) is 3.86. The van der Waals surface area contributed by atoms with Crippen LogP contribution in [0.3, 0.4) is 0 Å². The van der Waals surface area contributed by atoms with Crippen LogP contribution >= 0.6 is 11.6 Å². The van der Waals surface area contributed by atoms with Crippen LogP contribution in [-0.4, -0.2) is 30.0 Å². The van der Waals surface area contributed by atoms with E-state index in [4.69, 9.17) is 16.3 Å². The summed E-state index contributed by atoms with van der Waals surface area (Å²) in [6.45, 7) is 4.24. The van der Waals surface area contributed by atoms with Crippen molar-refractivity contribution in [3.05, 3.63) is 41.0 Å². The van der Waals surface area contributed by atoms with Crippen LogP contribution < -0.4 is 5.32 Å². The number of halogens is 1. The molecule has 0 saturated heterocycles. The van der Waals surface area contributed by atoms with Crippen LogP contribution in [0.15, 0.2) is 30.3 Å². The van der Waals surface area contributed by atoms with E-state index in [0.29, 0.717) is 28.7 Å². The predicted octanol–water partition coefficient (Wildman–Crippen LogP) is 2.82. The molecular weight excluding hydrogens is 304 g/mol. The number of esters is 1. The molecule has 1 heterocycles. The van der Waals surface area contributed by atoms with Crippen LogP contribution in [0.2, 0.25) is 5.15 Å². The van der Waals surface area contributed by atoms with E-state index in [1.54, 1.807) is 30.3 Å². The summed E-state index contributed by atoms with van der Waals surface area (Å²) < 4.78 is 5.00. The Morgan fingerprint density at radius 1 is 1.27 bits per heavy atom. The molecule has 0 aliphatic carbocycles. The minimum Gasteiger partial charge on any atom is -0.452 e. The molecule has 0 spiro atoms. The molecular formula is C16H17ClN2O3. The molecule has 0 bridgehead atoms. The van der Waals surface area contributed by atoms with Crippen molar-refractivity contribution < 1.29 is 14.3 Å². The summed E-state index contributed by atoms with van der Waals surface area (Å²) in [6.07, 6.45) is 0. The van der Waals surface area contributed by atoms with Gasteiger partial charge in [0.05, 0.1) is 11.1 Å². The molecule has 1 aromatic heterocycles. The largest absolute Gasteiger partial charge is 0.452 e. The second-order valence-electron chi connectivity index (χ2n) is 5.32. The molecule has 22 heavy (non-hydrogen) atoms. The minimum absolute atomic E-state index is 0.289. The van der Waals surface area contributed by atoms with Crippen LogP contribution in [-0.2, 0) is 9.53 Å². The second kappa shape index (κ2) is 7.22. The highest BCUT2D eigenvalue weighted by atomic mass is 35.5. The number of aromatic nitrogens is 1. The zero-order valence-electron chi connectivity index (χ0n) is 12.4. The Labute approximate surface area is 133 Å². The number of amides is 1. The lowest BCUT2D eigenvalue weighted by Gasteiger charge is -2.08. The van der Waals surface area contributed by atoms with Gasteiger partial charge in [-0.3, -0.25) is 4.79 Å². The molecule has 2 aromatic rings. The average molecular weight is 321 g/mol. The van der Waals surface area contributed by atoms with Gasteiger partial charge in [-0.25, -0.2) is 9.78 Å². The zero-order chi connectivity index (χ0) is 16.1. The summed E-state index contributed by atoms with van der Waals surface area (Å²) in [6, 6.07) is 8.37. The summed E-state index contributed by atoms with van der Waals surface area (Å²) in [7, 11) is 0. The third-order valence-corrected chi connectivity index (χ3v) is 3.14. The van der Waals surface area contributed by atoms with E-state index in [9.17, 15) is 9.59 Å². The number of hydrogen-bond acceptors (Lipinski definition) is 4. The third kappa shape index (κ3) is 4.43. The number of carbonyl (C=O) groups is 2. The van der Waals surface area contributed by atoms with E-state index >= 15 is 0 Å². The fourth-order valence-electron chi connectivity index (χ4n) is 1.81. The van der Waals surface area contributed by atoms with E-state index in [1.807, 2.05) is 13.8 Å². The summed E-state index contributed by atoms with van der Waals surface area (Å²) in [4.78, 5) is 27.6. The van der Waals surface area contributed by atoms with Crippen molar-refractivity contribution in [1.29, 1.82) is 0 Å². The summed E-state index contributed by atoms with van der Waals surface area (Å²) in [5.74, 6) is -0.507. The molecule has 0 fully saturated rings. The number of carbonyl (C=O) groups excluding carboxylic acids is 2. The smallest absolute Gasteiger partial charge is 0.338 e. The highest BCUT2D eigenvalue weighted by Gasteiger charge is 2.11. The third-order valence-electron chi connectivity index (χ3n) is 2.93. The molecule has 0 aliphatic heterocycles. The van der Waals surface area contributed by atoms with Gasteiger partial charge in [-0.05, 0) is 36.2 Å². The van der Waals surface area contributed by atoms with Crippen molar-refractivity contribution in [2.75, 3.05) is 13.2 Å². The van der Waals surface area contributed by atoms with Crippen LogP contribution in [0, 0.1) is 5.92 Å². The highest BCUT2D eigenvalue weighted by Crippen LogP contribution is 2.17. The fraction of sp³-hybridized carbons (Fsp3) is 0.312. The first-order valence-electron chi connectivity index (χ1n) is 6.96. The maximum absolute atomic E-state index is 11.9. The number of pyridine rings is 1. The molecule has 0 aliphatic rings. The van der Waals surface area contributed by atoms with Crippen molar-refractivity contribution in [3.63, 3.8) is 0 Å². The minimum atomic E-state index is -0.545. The van der Waals surface area contributed by atoms with Crippen LogP contribution in [0.25, 0.3) is 10.9 Å². The second-order valence-corrected chi connectivity index (χ2v) is 5.70. The van der Waals surface area contributed by atoms with Gasteiger partial charge in [-0.1, -0.05) is 25.4 Å². The van der Waals surface area contributed by atoms with Crippen molar-refractivity contribution in [2.24, 2.45) is 5.92 Å². The Morgan fingerprint density at radius 3 is 2.77 bits per heavy atom. The summed E-state index contributed by atoms with van der Waals surface area (Å²) in [5.41, 5.74) is 1.06. The molecule has 0 atom stereocenters. The molecule has 5 nitrogen and oxygen atoms in total. The fourth-order valence-corrected chi connectivity index (χ4v) is 1.97. The predicted molar refractivity (Wildman–Crippen MR) is 84.9 cm³/mol. The Bertz CT molecular complexity index is 701. The maximum atomic E-state index is 11.9. The van der Waals surface area contributed by atoms with Crippen LogP contribution in [0.1, 0.15) is 24.2 Å². The first-order chi connectivity index (χ1) is 10.5. The van der Waals surface area contributed by atoms with Gasteiger partial charge in [-0.15, -0.1) is 0 Å². The number of hydrogen-bond donors (Lipinski definition) is 1. The van der Waals surface area contributed by atoms with Gasteiger partial charge in [0.2, 0.25) is 0 Å². The normalized spacial score (nSPS) is 10.7. The number of nitrogens with one attached hydrogen (secondary N) is 1. The molecule has 6 heteroatoms.